The number of ketones is 2. The quantitative estimate of drug-likeness (QED) is 0.419. The minimum Gasteiger partial charge on any atom is -0.465 e. The average molecular weight is 396 g/mol. The molecule has 2 aromatic carbocycles. The number of rotatable bonds is 11. The molecular weight excluding hydrogens is 368 g/mol. The second-order valence-corrected chi connectivity index (χ2v) is 6.96. The molecule has 1 atom stereocenters. The maximum atomic E-state index is 12.5. The van der Waals surface area contributed by atoms with Crippen molar-refractivity contribution in [1.29, 1.82) is 0 Å². The molecule has 0 amide bonds. The Morgan fingerprint density at radius 2 is 1.62 bits per heavy atom. The first-order valence-corrected chi connectivity index (χ1v) is 9.82. The fourth-order valence-corrected chi connectivity index (χ4v) is 3.25. The van der Waals surface area contributed by atoms with Crippen LogP contribution in [0.5, 0.6) is 0 Å². The van der Waals surface area contributed by atoms with Gasteiger partial charge < -0.3 is 9.47 Å². The summed E-state index contributed by atoms with van der Waals surface area (Å²) >= 11 is 0. The van der Waals surface area contributed by atoms with Crippen molar-refractivity contribution in [2.75, 3.05) is 20.8 Å². The zero-order valence-corrected chi connectivity index (χ0v) is 17.3. The summed E-state index contributed by atoms with van der Waals surface area (Å²) in [7, 11) is 2.81. The molecule has 0 fully saturated rings. The number of benzene rings is 2. The lowest BCUT2D eigenvalue weighted by atomic mass is 9.88. The number of carbonyl (C=O) groups is 3. The summed E-state index contributed by atoms with van der Waals surface area (Å²) < 4.78 is 9.81. The third-order valence-electron chi connectivity index (χ3n) is 4.88. The average Bonchev–Trinajstić information content (AvgIpc) is 2.75. The van der Waals surface area contributed by atoms with Crippen molar-refractivity contribution in [3.63, 3.8) is 0 Å². The number of hydrogen-bond acceptors (Lipinski definition) is 5. The van der Waals surface area contributed by atoms with Crippen molar-refractivity contribution in [3.05, 3.63) is 59.7 Å². The number of carbonyl (C=O) groups excluding carboxylic acids is 3. The van der Waals surface area contributed by atoms with Gasteiger partial charge in [-0.25, -0.2) is 4.79 Å². The van der Waals surface area contributed by atoms with Crippen LogP contribution < -0.4 is 0 Å². The van der Waals surface area contributed by atoms with E-state index >= 15 is 0 Å². The zero-order chi connectivity index (χ0) is 21.2. The normalized spacial score (nSPS) is 11.7. The molecule has 0 aliphatic carbocycles. The smallest absolute Gasteiger partial charge is 0.338 e. The van der Waals surface area contributed by atoms with Gasteiger partial charge in [-0.05, 0) is 35.6 Å². The summed E-state index contributed by atoms with van der Waals surface area (Å²) in [6.07, 6.45) is 2.44. The van der Waals surface area contributed by atoms with E-state index in [9.17, 15) is 14.4 Å². The van der Waals surface area contributed by atoms with Gasteiger partial charge in [0.15, 0.2) is 5.78 Å². The van der Waals surface area contributed by atoms with Gasteiger partial charge in [-0.3, -0.25) is 9.59 Å². The van der Waals surface area contributed by atoms with Crippen LogP contribution in [-0.4, -0.2) is 38.4 Å². The highest BCUT2D eigenvalue weighted by atomic mass is 16.5. The van der Waals surface area contributed by atoms with Gasteiger partial charge in [0.05, 0.1) is 18.6 Å². The number of ether oxygens (including phenoxy) is 2. The van der Waals surface area contributed by atoms with E-state index in [0.29, 0.717) is 18.4 Å². The van der Waals surface area contributed by atoms with Crippen LogP contribution in [0.1, 0.15) is 42.1 Å². The molecule has 0 heterocycles. The number of hydrogen-bond donors (Lipinski definition) is 0. The third-order valence-corrected chi connectivity index (χ3v) is 4.88. The summed E-state index contributed by atoms with van der Waals surface area (Å²) in [5.41, 5.74) is 3.03. The van der Waals surface area contributed by atoms with Gasteiger partial charge >= 0.3 is 5.97 Å². The zero-order valence-electron chi connectivity index (χ0n) is 17.3. The van der Waals surface area contributed by atoms with Gasteiger partial charge in [-0.1, -0.05) is 55.8 Å². The topological polar surface area (TPSA) is 69.7 Å². The SMILES string of the molecule is CCCCC(=O)C(Cc1ccc(-c2ccccc2C(=O)OC)cc1)C(=O)COC. The fourth-order valence-electron chi connectivity index (χ4n) is 3.25. The number of methoxy groups -OCH3 is 2. The predicted octanol–water partition coefficient (Wildman–Crippen LogP) is 4.27. The minimum atomic E-state index is -0.685. The fraction of sp³-hybridized carbons (Fsp3) is 0.375. The van der Waals surface area contributed by atoms with E-state index in [-0.39, 0.29) is 18.2 Å². The van der Waals surface area contributed by atoms with Crippen LogP contribution in [0.3, 0.4) is 0 Å². The van der Waals surface area contributed by atoms with Crippen molar-refractivity contribution in [2.24, 2.45) is 5.92 Å². The van der Waals surface area contributed by atoms with E-state index < -0.39 is 11.9 Å². The lowest BCUT2D eigenvalue weighted by Crippen LogP contribution is -2.29. The summed E-state index contributed by atoms with van der Waals surface area (Å²) in [5.74, 6) is -1.30. The van der Waals surface area contributed by atoms with Gasteiger partial charge in [0, 0.05) is 13.5 Å². The van der Waals surface area contributed by atoms with Gasteiger partial charge in [0.1, 0.15) is 12.4 Å². The number of Topliss-reactive ketones (excluding diaryl/α,β-unsaturated/α-hetero) is 2. The maximum absolute atomic E-state index is 12.5. The summed E-state index contributed by atoms with van der Waals surface area (Å²) in [5, 5.41) is 0. The van der Waals surface area contributed by atoms with Gasteiger partial charge in [-0.15, -0.1) is 0 Å². The monoisotopic (exact) mass is 396 g/mol. The molecule has 0 saturated heterocycles. The molecule has 2 rings (SSSR count). The first-order chi connectivity index (χ1) is 14.0. The van der Waals surface area contributed by atoms with Crippen LogP contribution in [0.4, 0.5) is 0 Å². The van der Waals surface area contributed by atoms with E-state index in [1.165, 1.54) is 14.2 Å². The van der Waals surface area contributed by atoms with Crippen molar-refractivity contribution >= 4 is 17.5 Å². The molecule has 0 aromatic heterocycles. The van der Waals surface area contributed by atoms with Gasteiger partial charge in [-0.2, -0.15) is 0 Å². The molecule has 154 valence electrons. The highest BCUT2D eigenvalue weighted by molar-refractivity contribution is 6.03. The Morgan fingerprint density at radius 3 is 2.24 bits per heavy atom. The van der Waals surface area contributed by atoms with Gasteiger partial charge in [0.2, 0.25) is 0 Å². The second kappa shape index (κ2) is 11.3. The molecule has 1 unspecified atom stereocenters. The van der Waals surface area contributed by atoms with Crippen LogP contribution in [0.25, 0.3) is 11.1 Å². The molecule has 29 heavy (non-hydrogen) atoms. The van der Waals surface area contributed by atoms with Crippen LogP contribution >= 0.6 is 0 Å². The van der Waals surface area contributed by atoms with Crippen LogP contribution in [0.15, 0.2) is 48.5 Å². The molecule has 0 N–H and O–H groups in total. The van der Waals surface area contributed by atoms with Crippen molar-refractivity contribution in [2.45, 2.75) is 32.6 Å². The van der Waals surface area contributed by atoms with Crippen LogP contribution in [-0.2, 0) is 25.5 Å². The summed E-state index contributed by atoms with van der Waals surface area (Å²) in [6.45, 7) is 1.96. The van der Waals surface area contributed by atoms with Crippen LogP contribution in [0.2, 0.25) is 0 Å². The first kappa shape index (κ1) is 22.5. The molecule has 0 saturated carbocycles. The Hall–Kier alpha value is -2.79. The van der Waals surface area contributed by atoms with E-state index in [0.717, 1.165) is 29.5 Å². The summed E-state index contributed by atoms with van der Waals surface area (Å²) in [6, 6.07) is 14.8. The minimum absolute atomic E-state index is 0.0333. The predicted molar refractivity (Wildman–Crippen MR) is 112 cm³/mol. The largest absolute Gasteiger partial charge is 0.465 e. The standard InChI is InChI=1S/C24H28O5/c1-4-5-10-22(25)21(23(26)16-28-2)15-17-11-13-18(14-12-17)19-8-6-7-9-20(19)24(27)29-3/h6-9,11-14,21H,4-5,10,15-16H2,1-3H3. The van der Waals surface area contributed by atoms with Gasteiger partial charge in [0.25, 0.3) is 0 Å². The Labute approximate surface area is 172 Å². The molecule has 2 aromatic rings. The molecule has 0 radical (unpaired) electrons. The lowest BCUT2D eigenvalue weighted by Gasteiger charge is -2.15. The first-order valence-electron chi connectivity index (χ1n) is 9.82. The molecule has 0 aliphatic rings. The van der Waals surface area contributed by atoms with Crippen molar-refractivity contribution in [3.8, 4) is 11.1 Å². The molecule has 5 nitrogen and oxygen atoms in total. The molecule has 0 bridgehead atoms. The van der Waals surface area contributed by atoms with E-state index in [1.807, 2.05) is 43.3 Å². The Kier molecular flexibility index (Phi) is 8.74. The molecule has 5 heteroatoms. The van der Waals surface area contributed by atoms with Crippen LogP contribution in [0, 0.1) is 5.92 Å². The maximum Gasteiger partial charge on any atom is 0.338 e. The molecule has 0 spiro atoms. The number of esters is 1. The third kappa shape index (κ3) is 6.09. The van der Waals surface area contributed by atoms with Crippen molar-refractivity contribution in [1.82, 2.24) is 0 Å². The lowest BCUT2D eigenvalue weighted by molar-refractivity contribution is -0.135. The van der Waals surface area contributed by atoms with Crippen molar-refractivity contribution < 1.29 is 23.9 Å². The van der Waals surface area contributed by atoms with E-state index in [1.54, 1.807) is 12.1 Å². The summed E-state index contributed by atoms with van der Waals surface area (Å²) in [4.78, 5) is 36.9. The molecular formula is C24H28O5. The Bertz CT molecular complexity index is 839. The second-order valence-electron chi connectivity index (χ2n) is 6.96. The molecule has 0 aliphatic heterocycles. The Balaban J connectivity index is 2.23. The Morgan fingerprint density at radius 1 is 0.931 bits per heavy atom. The number of unbranched alkanes of at least 4 members (excludes halogenated alkanes) is 1. The van der Waals surface area contributed by atoms with E-state index in [4.69, 9.17) is 9.47 Å². The highest BCUT2D eigenvalue weighted by Gasteiger charge is 2.26. The van der Waals surface area contributed by atoms with E-state index in [2.05, 4.69) is 0 Å². The highest BCUT2D eigenvalue weighted by Crippen LogP contribution is 2.25.